The summed E-state index contributed by atoms with van der Waals surface area (Å²) in [6, 6.07) is 8.57. The van der Waals surface area contributed by atoms with E-state index in [1.807, 2.05) is 0 Å². The molecule has 121 valence electrons. The molecule has 22 heavy (non-hydrogen) atoms. The Bertz CT molecular complexity index is 574. The Balaban J connectivity index is 0.00000220. The second-order valence-corrected chi connectivity index (χ2v) is 12.1. The van der Waals surface area contributed by atoms with Gasteiger partial charge in [0.25, 0.3) is 0 Å². The summed E-state index contributed by atoms with van der Waals surface area (Å²) >= 11 is 2.26. The first-order valence-electron chi connectivity index (χ1n) is 7.12. The largest absolute Gasteiger partial charge is 0.147 e. The molecule has 5 heteroatoms. The van der Waals surface area contributed by atoms with Crippen LogP contribution in [0.5, 0.6) is 5.75 Å². The van der Waals surface area contributed by atoms with Crippen LogP contribution in [0.25, 0.3) is 0 Å². The molecule has 0 radical (unpaired) electrons. The first-order valence-corrected chi connectivity index (χ1v) is 10.9. The summed E-state index contributed by atoms with van der Waals surface area (Å²) in [4.78, 5) is 0. The molecule has 1 nitrogen and oxygen atoms in total. The first-order chi connectivity index (χ1) is 9.22. The SMILES string of the molecule is CC(C)(C)Oc1ccccc1[Si](C)(C)C1=[C]([Ti])CC=C1.Cl.Cl. The summed E-state index contributed by atoms with van der Waals surface area (Å²) in [6.07, 6.45) is 5.72. The fraction of sp³-hybridized carbons (Fsp3) is 0.412. The number of para-hydroxylation sites is 1. The molecule has 0 heterocycles. The van der Waals surface area contributed by atoms with Gasteiger partial charge < -0.3 is 0 Å². The van der Waals surface area contributed by atoms with Crippen LogP contribution in [0.3, 0.4) is 0 Å². The third-order valence-electron chi connectivity index (χ3n) is 3.58. The van der Waals surface area contributed by atoms with Gasteiger partial charge in [0.15, 0.2) is 0 Å². The van der Waals surface area contributed by atoms with Crippen molar-refractivity contribution in [3.8, 4) is 5.75 Å². The Morgan fingerprint density at radius 3 is 2.18 bits per heavy atom. The topological polar surface area (TPSA) is 9.23 Å². The van der Waals surface area contributed by atoms with Crippen LogP contribution in [0.2, 0.25) is 13.1 Å². The molecule has 1 aromatic rings. The van der Waals surface area contributed by atoms with Crippen molar-refractivity contribution in [2.45, 2.75) is 45.9 Å². The van der Waals surface area contributed by atoms with E-state index in [4.69, 9.17) is 4.74 Å². The van der Waals surface area contributed by atoms with E-state index in [0.717, 1.165) is 12.2 Å². The Labute approximate surface area is 159 Å². The number of allylic oxidation sites excluding steroid dienone is 4. The minimum absolute atomic E-state index is 0. The van der Waals surface area contributed by atoms with Gasteiger partial charge in [-0.15, -0.1) is 24.8 Å². The van der Waals surface area contributed by atoms with Gasteiger partial charge in [-0.05, 0) is 0 Å². The Morgan fingerprint density at radius 1 is 1.09 bits per heavy atom. The smallest absolute Gasteiger partial charge is 0.147 e. The number of hydrogen-bond donors (Lipinski definition) is 0. The molecule has 0 atom stereocenters. The molecule has 0 amide bonds. The summed E-state index contributed by atoms with van der Waals surface area (Å²) < 4.78 is 7.72. The molecule has 0 aliphatic heterocycles. The zero-order valence-electron chi connectivity index (χ0n) is 13.9. The number of halogens is 2. The number of rotatable bonds is 3. The van der Waals surface area contributed by atoms with Gasteiger partial charge in [0, 0.05) is 0 Å². The molecule has 0 fully saturated rings. The average Bonchev–Trinajstić information content (AvgIpc) is 2.74. The van der Waals surface area contributed by atoms with Gasteiger partial charge in [-0.2, -0.15) is 0 Å². The van der Waals surface area contributed by atoms with Gasteiger partial charge in [0.1, 0.15) is 0 Å². The van der Waals surface area contributed by atoms with Crippen LogP contribution < -0.4 is 9.92 Å². The van der Waals surface area contributed by atoms with E-state index in [-0.39, 0.29) is 30.4 Å². The van der Waals surface area contributed by atoms with Crippen molar-refractivity contribution in [3.63, 3.8) is 0 Å². The minimum atomic E-state index is -1.69. The molecule has 0 aromatic heterocycles. The fourth-order valence-electron chi connectivity index (χ4n) is 2.64. The Morgan fingerprint density at radius 2 is 1.68 bits per heavy atom. The van der Waals surface area contributed by atoms with Crippen molar-refractivity contribution in [1.82, 2.24) is 0 Å². The van der Waals surface area contributed by atoms with E-state index in [1.54, 1.807) is 5.20 Å². The van der Waals surface area contributed by atoms with Crippen LogP contribution in [0.1, 0.15) is 27.2 Å². The summed E-state index contributed by atoms with van der Waals surface area (Å²) in [7, 11) is -1.69. The van der Waals surface area contributed by atoms with Crippen molar-refractivity contribution < 1.29 is 25.2 Å². The molecule has 0 unspecified atom stereocenters. The van der Waals surface area contributed by atoms with Crippen LogP contribution in [0, 0.1) is 0 Å². The third-order valence-corrected chi connectivity index (χ3v) is 8.29. The maximum Gasteiger partial charge on any atom is -0.147 e. The van der Waals surface area contributed by atoms with E-state index >= 15 is 0 Å². The minimum Gasteiger partial charge on any atom is -0.147 e. The maximum absolute atomic E-state index is 6.20. The van der Waals surface area contributed by atoms with Crippen molar-refractivity contribution >= 4 is 38.1 Å². The van der Waals surface area contributed by atoms with Gasteiger partial charge in [-0.3, -0.25) is 0 Å². The van der Waals surface area contributed by atoms with Gasteiger partial charge in [0.2, 0.25) is 0 Å². The summed E-state index contributed by atoms with van der Waals surface area (Å²) in [5.41, 5.74) is -0.157. The van der Waals surface area contributed by atoms with E-state index < -0.39 is 8.07 Å². The quantitative estimate of drug-likeness (QED) is 0.664. The number of ether oxygens (including phenoxy) is 1. The molecule has 0 saturated carbocycles. The fourth-order valence-corrected chi connectivity index (χ4v) is 7.36. The van der Waals surface area contributed by atoms with Crippen molar-refractivity contribution in [2.24, 2.45) is 0 Å². The Kier molecular flexibility index (Phi) is 8.22. The number of benzene rings is 1. The van der Waals surface area contributed by atoms with Crippen LogP contribution in [0.15, 0.2) is 45.5 Å². The summed E-state index contributed by atoms with van der Waals surface area (Å²) in [5, 5.41) is 2.96. The summed E-state index contributed by atoms with van der Waals surface area (Å²) in [5.74, 6) is 1.05. The van der Waals surface area contributed by atoms with Gasteiger partial charge in [-0.1, -0.05) is 0 Å². The number of hydrogen-bond acceptors (Lipinski definition) is 1. The van der Waals surface area contributed by atoms with Gasteiger partial charge in [0.05, 0.1) is 0 Å². The predicted molar refractivity (Wildman–Crippen MR) is 99.2 cm³/mol. The van der Waals surface area contributed by atoms with E-state index in [1.165, 1.54) is 9.06 Å². The van der Waals surface area contributed by atoms with Crippen molar-refractivity contribution in [3.05, 3.63) is 45.5 Å². The maximum atomic E-state index is 6.20. The molecule has 0 bridgehead atoms. The van der Waals surface area contributed by atoms with Crippen molar-refractivity contribution in [2.75, 3.05) is 0 Å². The van der Waals surface area contributed by atoms with Crippen LogP contribution in [-0.2, 0) is 20.4 Å². The van der Waals surface area contributed by atoms with Gasteiger partial charge >= 0.3 is 136 Å². The zero-order valence-corrected chi connectivity index (χ0v) is 18.1. The monoisotopic (exact) mass is 391 g/mol. The van der Waals surface area contributed by atoms with E-state index in [9.17, 15) is 0 Å². The molecule has 1 aliphatic rings. The average molecular weight is 392 g/mol. The predicted octanol–water partition coefficient (Wildman–Crippen LogP) is 4.92. The second kappa shape index (κ2) is 8.21. The zero-order chi connectivity index (χ0) is 15.0. The van der Waals surface area contributed by atoms with Gasteiger partial charge in [-0.25, -0.2) is 0 Å². The molecule has 0 N–H and O–H groups in total. The molecule has 1 aromatic carbocycles. The second-order valence-electron chi connectivity index (χ2n) is 6.83. The van der Waals surface area contributed by atoms with Crippen LogP contribution >= 0.6 is 24.8 Å². The van der Waals surface area contributed by atoms with Crippen molar-refractivity contribution in [1.29, 1.82) is 0 Å². The molecule has 1 aliphatic carbocycles. The third kappa shape index (κ3) is 5.01. The normalized spacial score (nSPS) is 14.4. The van der Waals surface area contributed by atoms with Crippen LogP contribution in [-0.4, -0.2) is 13.7 Å². The Hall–Kier alpha value is 0.0112. The summed E-state index contributed by atoms with van der Waals surface area (Å²) in [6.45, 7) is 11.2. The van der Waals surface area contributed by atoms with E-state index in [2.05, 4.69) is 90.7 Å². The van der Waals surface area contributed by atoms with Crippen LogP contribution in [0.4, 0.5) is 0 Å². The molecular formula is C17H25Cl2OSiTi. The van der Waals surface area contributed by atoms with E-state index in [0.29, 0.717) is 0 Å². The standard InChI is InChI=1S/C17H23OSi.2ClH.Ti/c1-17(2,3)18-15-12-8-9-13-16(15)19(4,5)14-10-6-7-11-14;;;/h6,8-10,12-13H,7H2,1-5H3;2*1H;. The molecule has 0 spiro atoms. The molecular weight excluding hydrogens is 367 g/mol. The molecule has 0 saturated heterocycles. The molecule has 2 rings (SSSR count). The first kappa shape index (κ1) is 22.0.